The summed E-state index contributed by atoms with van der Waals surface area (Å²) in [6.07, 6.45) is 2.75. The van der Waals surface area contributed by atoms with E-state index in [1.54, 1.807) is 0 Å². The lowest BCUT2D eigenvalue weighted by Gasteiger charge is -2.14. The van der Waals surface area contributed by atoms with Crippen molar-refractivity contribution in [3.63, 3.8) is 0 Å². The number of aliphatic carboxylic acids is 1. The molecule has 0 bridgehead atoms. The fraction of sp³-hybridized carbons (Fsp3) is 0.261. The van der Waals surface area contributed by atoms with Gasteiger partial charge in [-0.1, -0.05) is 55.8 Å². The molecule has 0 radical (unpaired) electrons. The van der Waals surface area contributed by atoms with E-state index in [0.717, 1.165) is 35.3 Å². The van der Waals surface area contributed by atoms with Crippen molar-refractivity contribution in [3.8, 4) is 16.9 Å². The van der Waals surface area contributed by atoms with Gasteiger partial charge in [0.25, 0.3) is 0 Å². The molecule has 26 heavy (non-hydrogen) atoms. The van der Waals surface area contributed by atoms with E-state index in [9.17, 15) is 4.79 Å². The summed E-state index contributed by atoms with van der Waals surface area (Å²) in [5, 5.41) is 11.3. The molecule has 0 aliphatic rings. The molecule has 0 saturated carbocycles. The fourth-order valence-electron chi connectivity index (χ4n) is 3.02. The molecular weight excluding hydrogens is 324 g/mol. The zero-order chi connectivity index (χ0) is 18.4. The third kappa shape index (κ3) is 4.42. The smallest absolute Gasteiger partial charge is 0.303 e. The van der Waals surface area contributed by atoms with Gasteiger partial charge in [-0.2, -0.15) is 0 Å². The molecule has 3 nitrogen and oxygen atoms in total. The Bertz CT molecular complexity index is 899. The third-order valence-corrected chi connectivity index (χ3v) is 4.49. The van der Waals surface area contributed by atoms with Crippen LogP contribution in [0.15, 0.2) is 60.7 Å². The van der Waals surface area contributed by atoms with E-state index in [0.29, 0.717) is 13.0 Å². The molecule has 3 heteroatoms. The summed E-state index contributed by atoms with van der Waals surface area (Å²) >= 11 is 0. The van der Waals surface area contributed by atoms with Gasteiger partial charge in [-0.15, -0.1) is 0 Å². The highest BCUT2D eigenvalue weighted by molar-refractivity contribution is 5.88. The van der Waals surface area contributed by atoms with Crippen LogP contribution in [0.4, 0.5) is 0 Å². The molecule has 3 aromatic carbocycles. The normalized spacial score (nSPS) is 10.8. The Morgan fingerprint density at radius 3 is 2.58 bits per heavy atom. The van der Waals surface area contributed by atoms with Crippen molar-refractivity contribution in [2.24, 2.45) is 0 Å². The Morgan fingerprint density at radius 1 is 1.00 bits per heavy atom. The lowest BCUT2D eigenvalue weighted by Crippen LogP contribution is -2.01. The molecule has 0 heterocycles. The van der Waals surface area contributed by atoms with Crippen LogP contribution >= 0.6 is 0 Å². The molecule has 3 rings (SSSR count). The minimum atomic E-state index is -0.777. The van der Waals surface area contributed by atoms with E-state index in [4.69, 9.17) is 9.84 Å². The Morgan fingerprint density at radius 2 is 1.81 bits per heavy atom. The highest BCUT2D eigenvalue weighted by Crippen LogP contribution is 2.33. The molecule has 0 spiro atoms. The van der Waals surface area contributed by atoms with Gasteiger partial charge >= 0.3 is 5.97 Å². The molecule has 0 saturated heterocycles. The Kier molecular flexibility index (Phi) is 5.90. The van der Waals surface area contributed by atoms with Crippen LogP contribution in [0.2, 0.25) is 0 Å². The maximum Gasteiger partial charge on any atom is 0.303 e. The van der Waals surface area contributed by atoms with Crippen molar-refractivity contribution in [2.75, 3.05) is 6.61 Å². The van der Waals surface area contributed by atoms with E-state index in [2.05, 4.69) is 43.3 Å². The van der Waals surface area contributed by atoms with Gasteiger partial charge in [-0.25, -0.2) is 0 Å². The lowest BCUT2D eigenvalue weighted by atomic mass is 9.97. The fourth-order valence-corrected chi connectivity index (χ4v) is 3.02. The van der Waals surface area contributed by atoms with Gasteiger partial charge in [0.15, 0.2) is 0 Å². The van der Waals surface area contributed by atoms with E-state index >= 15 is 0 Å². The van der Waals surface area contributed by atoms with Gasteiger partial charge in [-0.05, 0) is 52.9 Å². The topological polar surface area (TPSA) is 46.5 Å². The van der Waals surface area contributed by atoms with E-state index in [1.807, 2.05) is 24.3 Å². The number of fused-ring (bicyclic) bond motifs is 1. The highest BCUT2D eigenvalue weighted by atomic mass is 16.5. The summed E-state index contributed by atoms with van der Waals surface area (Å²) in [5.41, 5.74) is 3.13. The van der Waals surface area contributed by atoms with E-state index in [1.165, 1.54) is 10.8 Å². The second kappa shape index (κ2) is 8.52. The molecular formula is C23H24O3. The zero-order valence-electron chi connectivity index (χ0n) is 15.1. The second-order valence-corrected chi connectivity index (χ2v) is 6.49. The molecule has 0 aromatic heterocycles. The first-order valence-electron chi connectivity index (χ1n) is 9.14. The van der Waals surface area contributed by atoms with Crippen molar-refractivity contribution < 1.29 is 14.6 Å². The predicted octanol–water partition coefficient (Wildman–Crippen LogP) is 5.70. The molecule has 134 valence electrons. The molecule has 0 unspecified atom stereocenters. The van der Waals surface area contributed by atoms with Gasteiger partial charge in [0.2, 0.25) is 0 Å². The van der Waals surface area contributed by atoms with Crippen molar-refractivity contribution in [2.45, 2.75) is 32.6 Å². The Balaban J connectivity index is 1.98. The number of ether oxygens (including phenoxy) is 1. The predicted molar refractivity (Wildman–Crippen MR) is 106 cm³/mol. The lowest BCUT2D eigenvalue weighted by molar-refractivity contribution is -0.136. The van der Waals surface area contributed by atoms with Crippen molar-refractivity contribution in [1.82, 2.24) is 0 Å². The van der Waals surface area contributed by atoms with Crippen LogP contribution in [0.5, 0.6) is 5.75 Å². The van der Waals surface area contributed by atoms with Crippen LogP contribution in [-0.2, 0) is 11.2 Å². The molecule has 0 fully saturated rings. The summed E-state index contributed by atoms with van der Waals surface area (Å²) in [6.45, 7) is 2.83. The molecule has 1 N–H and O–H groups in total. The quantitative estimate of drug-likeness (QED) is 0.531. The SMILES string of the molecule is CCCCOc1ccc(CCC(=O)O)cc1-c1ccc2ccccc2c1. The van der Waals surface area contributed by atoms with Crippen LogP contribution in [0, 0.1) is 0 Å². The molecule has 0 amide bonds. The number of carboxylic acids is 1. The summed E-state index contributed by atoms with van der Waals surface area (Å²) in [7, 11) is 0. The van der Waals surface area contributed by atoms with Crippen LogP contribution in [0.25, 0.3) is 21.9 Å². The van der Waals surface area contributed by atoms with E-state index in [-0.39, 0.29) is 6.42 Å². The molecule has 0 aliphatic heterocycles. The first-order valence-corrected chi connectivity index (χ1v) is 9.14. The number of hydrogen-bond acceptors (Lipinski definition) is 2. The number of rotatable bonds is 8. The average Bonchev–Trinajstić information content (AvgIpc) is 2.66. The van der Waals surface area contributed by atoms with Crippen molar-refractivity contribution >= 4 is 16.7 Å². The first-order chi connectivity index (χ1) is 12.7. The summed E-state index contributed by atoms with van der Waals surface area (Å²) in [6, 6.07) is 20.7. The van der Waals surface area contributed by atoms with Crippen LogP contribution in [0.1, 0.15) is 31.7 Å². The average molecular weight is 348 g/mol. The summed E-state index contributed by atoms with van der Waals surface area (Å²) < 4.78 is 6.01. The van der Waals surface area contributed by atoms with Gasteiger partial charge in [-0.3, -0.25) is 4.79 Å². The summed E-state index contributed by atoms with van der Waals surface area (Å²) in [5.74, 6) is 0.0772. The van der Waals surface area contributed by atoms with Crippen LogP contribution < -0.4 is 4.74 Å². The second-order valence-electron chi connectivity index (χ2n) is 6.49. The van der Waals surface area contributed by atoms with Crippen molar-refractivity contribution in [3.05, 3.63) is 66.2 Å². The summed E-state index contributed by atoms with van der Waals surface area (Å²) in [4.78, 5) is 10.9. The van der Waals surface area contributed by atoms with Gasteiger partial charge < -0.3 is 9.84 Å². The van der Waals surface area contributed by atoms with Crippen molar-refractivity contribution in [1.29, 1.82) is 0 Å². The minimum Gasteiger partial charge on any atom is -0.493 e. The minimum absolute atomic E-state index is 0.132. The maximum absolute atomic E-state index is 10.9. The van der Waals surface area contributed by atoms with Gasteiger partial charge in [0, 0.05) is 12.0 Å². The third-order valence-electron chi connectivity index (χ3n) is 4.49. The number of hydrogen-bond donors (Lipinski definition) is 1. The number of unbranched alkanes of at least 4 members (excludes halogenated alkanes) is 1. The highest BCUT2D eigenvalue weighted by Gasteiger charge is 2.10. The standard InChI is InChI=1S/C23H24O3/c1-2-3-14-26-22-12-8-17(9-13-23(24)25)15-21(22)20-11-10-18-6-4-5-7-19(18)16-20/h4-8,10-12,15-16H,2-3,9,13-14H2,1H3,(H,24,25). The van der Waals surface area contributed by atoms with E-state index < -0.39 is 5.97 Å². The number of carboxylic acid groups (broad SMARTS) is 1. The van der Waals surface area contributed by atoms with Gasteiger partial charge in [0.1, 0.15) is 5.75 Å². The first kappa shape index (κ1) is 18.0. The molecule has 0 atom stereocenters. The number of benzene rings is 3. The Hall–Kier alpha value is -2.81. The maximum atomic E-state index is 10.9. The zero-order valence-corrected chi connectivity index (χ0v) is 15.1. The van der Waals surface area contributed by atoms with Gasteiger partial charge in [0.05, 0.1) is 6.61 Å². The molecule has 3 aromatic rings. The number of carbonyl (C=O) groups is 1. The Labute approximate surface area is 154 Å². The largest absolute Gasteiger partial charge is 0.493 e. The number of aryl methyl sites for hydroxylation is 1. The van der Waals surface area contributed by atoms with Crippen LogP contribution in [0.3, 0.4) is 0 Å². The molecule has 0 aliphatic carbocycles. The van der Waals surface area contributed by atoms with Crippen LogP contribution in [-0.4, -0.2) is 17.7 Å². The monoisotopic (exact) mass is 348 g/mol.